The summed E-state index contributed by atoms with van der Waals surface area (Å²) in [5, 5.41) is 2.17. The van der Waals surface area contributed by atoms with Crippen molar-refractivity contribution in [1.82, 2.24) is 9.97 Å². The van der Waals surface area contributed by atoms with Gasteiger partial charge in [-0.1, -0.05) is 46.8 Å². The molecule has 3 nitrogen and oxygen atoms in total. The number of nitrogens with zero attached hydrogens (tertiary/aromatic N) is 2. The Morgan fingerprint density at radius 3 is 2.45 bits per heavy atom. The molecule has 0 aliphatic heterocycles. The molecule has 0 radical (unpaired) electrons. The summed E-state index contributed by atoms with van der Waals surface area (Å²) >= 11 is 0. The van der Waals surface area contributed by atoms with Crippen LogP contribution in [-0.2, 0) is 0 Å². The quantitative estimate of drug-likeness (QED) is 0.341. The van der Waals surface area contributed by atoms with E-state index in [9.17, 15) is 0 Å². The van der Waals surface area contributed by atoms with E-state index in [2.05, 4.69) is 82.1 Å². The number of fused-ring (bicyclic) bond motifs is 3. The first-order chi connectivity index (χ1) is 14.0. The maximum absolute atomic E-state index is 6.31. The first-order valence-corrected chi connectivity index (χ1v) is 10.8. The third-order valence-electron chi connectivity index (χ3n) is 6.37. The van der Waals surface area contributed by atoms with E-state index in [0.717, 1.165) is 46.1 Å². The standard InChI is InChI=1S/C26H30N2O/c1-6-18(7-2)19-13-14-27-24(15-19)22-10-8-9-20-21-11-12-23(17(5)16(3)4)28-26(21)29-25(20)22/h8-18H,6-7H2,1-5H3. The number of pyridine rings is 2. The van der Waals surface area contributed by atoms with Crippen LogP contribution in [0.25, 0.3) is 33.3 Å². The molecule has 0 saturated heterocycles. The first kappa shape index (κ1) is 19.6. The van der Waals surface area contributed by atoms with Crippen molar-refractivity contribution in [2.45, 2.75) is 59.3 Å². The Bertz CT molecular complexity index is 1140. The van der Waals surface area contributed by atoms with Gasteiger partial charge in [-0.05, 0) is 60.6 Å². The van der Waals surface area contributed by atoms with Crippen LogP contribution in [0, 0.1) is 5.92 Å². The van der Waals surface area contributed by atoms with Crippen molar-refractivity contribution in [1.29, 1.82) is 0 Å². The highest BCUT2D eigenvalue weighted by Crippen LogP contribution is 2.36. The topological polar surface area (TPSA) is 38.9 Å². The van der Waals surface area contributed by atoms with Crippen LogP contribution >= 0.6 is 0 Å². The molecule has 1 aromatic carbocycles. The van der Waals surface area contributed by atoms with Gasteiger partial charge >= 0.3 is 0 Å². The van der Waals surface area contributed by atoms with Crippen LogP contribution in [0.3, 0.4) is 0 Å². The molecule has 0 N–H and O–H groups in total. The SMILES string of the molecule is CCC(CC)c1ccnc(-c2cccc3c2oc2nc(C(C)C(C)C)ccc23)c1. The average molecular weight is 387 g/mol. The summed E-state index contributed by atoms with van der Waals surface area (Å²) < 4.78 is 6.31. The Hall–Kier alpha value is -2.68. The second kappa shape index (κ2) is 7.98. The van der Waals surface area contributed by atoms with Crippen molar-refractivity contribution in [3.63, 3.8) is 0 Å². The number of para-hydroxylation sites is 1. The zero-order valence-corrected chi connectivity index (χ0v) is 18.1. The fourth-order valence-corrected chi connectivity index (χ4v) is 4.10. The van der Waals surface area contributed by atoms with Crippen molar-refractivity contribution < 1.29 is 4.42 Å². The monoisotopic (exact) mass is 386 g/mol. The summed E-state index contributed by atoms with van der Waals surface area (Å²) in [5.74, 6) is 1.50. The molecule has 0 fully saturated rings. The van der Waals surface area contributed by atoms with E-state index in [4.69, 9.17) is 9.40 Å². The minimum absolute atomic E-state index is 0.394. The van der Waals surface area contributed by atoms with Gasteiger partial charge in [-0.2, -0.15) is 0 Å². The Morgan fingerprint density at radius 2 is 1.72 bits per heavy atom. The van der Waals surface area contributed by atoms with Crippen LogP contribution in [0.15, 0.2) is 53.1 Å². The number of furan rings is 1. The Balaban J connectivity index is 1.86. The third-order valence-corrected chi connectivity index (χ3v) is 6.37. The smallest absolute Gasteiger partial charge is 0.227 e. The molecule has 4 aromatic rings. The first-order valence-electron chi connectivity index (χ1n) is 10.8. The van der Waals surface area contributed by atoms with Gasteiger partial charge in [0.25, 0.3) is 0 Å². The lowest BCUT2D eigenvalue weighted by atomic mass is 9.93. The van der Waals surface area contributed by atoms with E-state index in [0.29, 0.717) is 23.5 Å². The van der Waals surface area contributed by atoms with Crippen LogP contribution in [0.4, 0.5) is 0 Å². The molecule has 29 heavy (non-hydrogen) atoms. The molecule has 3 aromatic heterocycles. The second-order valence-corrected chi connectivity index (χ2v) is 8.39. The molecule has 1 unspecified atom stereocenters. The number of rotatable bonds is 6. The zero-order chi connectivity index (χ0) is 20.5. The van der Waals surface area contributed by atoms with E-state index < -0.39 is 0 Å². The largest absolute Gasteiger partial charge is 0.437 e. The number of aromatic nitrogens is 2. The lowest BCUT2D eigenvalue weighted by Crippen LogP contribution is -2.03. The highest BCUT2D eigenvalue weighted by Gasteiger charge is 2.18. The molecule has 0 bridgehead atoms. The van der Waals surface area contributed by atoms with Gasteiger partial charge in [0.1, 0.15) is 5.58 Å². The summed E-state index contributed by atoms with van der Waals surface area (Å²) in [5.41, 5.74) is 6.02. The molecule has 150 valence electrons. The minimum atomic E-state index is 0.394. The minimum Gasteiger partial charge on any atom is -0.437 e. The molecule has 4 rings (SSSR count). The van der Waals surface area contributed by atoms with E-state index in [1.54, 1.807) is 0 Å². The van der Waals surface area contributed by atoms with Gasteiger partial charge in [-0.25, -0.2) is 4.98 Å². The summed E-state index contributed by atoms with van der Waals surface area (Å²) in [6.45, 7) is 11.2. The molecule has 1 atom stereocenters. The summed E-state index contributed by atoms with van der Waals surface area (Å²) in [4.78, 5) is 9.52. The average Bonchev–Trinajstić information content (AvgIpc) is 3.12. The normalized spacial score (nSPS) is 13.1. The molecule has 0 spiro atoms. The molecule has 3 heterocycles. The Kier molecular flexibility index (Phi) is 5.40. The highest BCUT2D eigenvalue weighted by molar-refractivity contribution is 6.08. The van der Waals surface area contributed by atoms with Gasteiger partial charge in [0.05, 0.1) is 5.69 Å². The fourth-order valence-electron chi connectivity index (χ4n) is 4.10. The summed E-state index contributed by atoms with van der Waals surface area (Å²) in [7, 11) is 0. The molecule has 0 amide bonds. The van der Waals surface area contributed by atoms with Crippen molar-refractivity contribution in [2.75, 3.05) is 0 Å². The molecule has 0 saturated carbocycles. The lowest BCUT2D eigenvalue weighted by Gasteiger charge is -2.14. The summed E-state index contributed by atoms with van der Waals surface area (Å²) in [6.07, 6.45) is 4.19. The van der Waals surface area contributed by atoms with Crippen molar-refractivity contribution in [2.24, 2.45) is 5.92 Å². The van der Waals surface area contributed by atoms with Crippen LogP contribution in [-0.4, -0.2) is 9.97 Å². The maximum Gasteiger partial charge on any atom is 0.227 e. The van der Waals surface area contributed by atoms with Gasteiger partial charge in [-0.3, -0.25) is 4.98 Å². The number of hydrogen-bond donors (Lipinski definition) is 0. The number of hydrogen-bond acceptors (Lipinski definition) is 3. The van der Waals surface area contributed by atoms with Gasteiger partial charge in [0.2, 0.25) is 5.71 Å². The molecule has 3 heteroatoms. The predicted molar refractivity (Wildman–Crippen MR) is 121 cm³/mol. The van der Waals surface area contributed by atoms with E-state index >= 15 is 0 Å². The van der Waals surface area contributed by atoms with Crippen molar-refractivity contribution >= 4 is 22.1 Å². The van der Waals surface area contributed by atoms with Crippen molar-refractivity contribution in [3.8, 4) is 11.3 Å². The van der Waals surface area contributed by atoms with Crippen molar-refractivity contribution in [3.05, 3.63) is 59.9 Å². The van der Waals surface area contributed by atoms with Gasteiger partial charge in [0.15, 0.2) is 0 Å². The van der Waals surface area contributed by atoms with Gasteiger partial charge in [-0.15, -0.1) is 0 Å². The maximum atomic E-state index is 6.31. The van der Waals surface area contributed by atoms with E-state index in [-0.39, 0.29) is 0 Å². The highest BCUT2D eigenvalue weighted by atomic mass is 16.3. The van der Waals surface area contributed by atoms with E-state index in [1.165, 1.54) is 5.56 Å². The zero-order valence-electron chi connectivity index (χ0n) is 18.1. The Morgan fingerprint density at radius 1 is 0.931 bits per heavy atom. The third kappa shape index (κ3) is 3.55. The van der Waals surface area contributed by atoms with Gasteiger partial charge in [0, 0.05) is 34.1 Å². The summed E-state index contributed by atoms with van der Waals surface area (Å²) in [6, 6.07) is 15.0. The van der Waals surface area contributed by atoms with Crippen LogP contribution in [0.2, 0.25) is 0 Å². The molecular formula is C26H30N2O. The Labute approximate surface area is 173 Å². The van der Waals surface area contributed by atoms with Crippen LogP contribution < -0.4 is 0 Å². The van der Waals surface area contributed by atoms with Gasteiger partial charge < -0.3 is 4.42 Å². The molecule has 0 aliphatic carbocycles. The van der Waals surface area contributed by atoms with Crippen LogP contribution in [0.1, 0.15) is 70.6 Å². The predicted octanol–water partition coefficient (Wildman–Crippen LogP) is 7.71. The number of benzene rings is 1. The van der Waals surface area contributed by atoms with Crippen LogP contribution in [0.5, 0.6) is 0 Å². The second-order valence-electron chi connectivity index (χ2n) is 8.39. The fraction of sp³-hybridized carbons (Fsp3) is 0.385. The molecular weight excluding hydrogens is 356 g/mol. The lowest BCUT2D eigenvalue weighted by molar-refractivity contribution is 0.521. The molecule has 0 aliphatic rings. The van der Waals surface area contributed by atoms with E-state index in [1.807, 2.05) is 6.20 Å².